The molecule has 1 saturated heterocycles. The Kier molecular flexibility index (Phi) is 5.08. The molecule has 3 nitrogen and oxygen atoms in total. The predicted molar refractivity (Wildman–Crippen MR) is 93.8 cm³/mol. The molecule has 1 aliphatic heterocycles. The van der Waals surface area contributed by atoms with Gasteiger partial charge in [-0.25, -0.2) is 0 Å². The monoisotopic (exact) mass is 321 g/mol. The van der Waals surface area contributed by atoms with Crippen molar-refractivity contribution in [3.8, 4) is 0 Å². The van der Waals surface area contributed by atoms with Crippen LogP contribution >= 0.6 is 11.6 Å². The van der Waals surface area contributed by atoms with Crippen molar-refractivity contribution in [3.63, 3.8) is 0 Å². The van der Waals surface area contributed by atoms with Gasteiger partial charge in [-0.3, -0.25) is 4.90 Å². The van der Waals surface area contributed by atoms with Gasteiger partial charge in [0.2, 0.25) is 0 Å². The van der Waals surface area contributed by atoms with Crippen LogP contribution in [0.5, 0.6) is 0 Å². The number of likely N-dealkylation sites (N-methyl/N-ethyl adjacent to an activating group) is 1. The van der Waals surface area contributed by atoms with E-state index in [1.54, 1.807) is 0 Å². The fourth-order valence-corrected chi connectivity index (χ4v) is 3.50. The Hall–Kier alpha value is -0.610. The van der Waals surface area contributed by atoms with Gasteiger partial charge < -0.3 is 10.2 Å². The zero-order chi connectivity index (χ0) is 15.6. The van der Waals surface area contributed by atoms with Crippen LogP contribution in [0.2, 0.25) is 5.02 Å². The van der Waals surface area contributed by atoms with Crippen molar-refractivity contribution in [1.29, 1.82) is 0 Å². The van der Waals surface area contributed by atoms with E-state index in [0.717, 1.165) is 18.1 Å². The maximum absolute atomic E-state index is 6.00. The Balaban J connectivity index is 1.46. The average Bonchev–Trinajstić information content (AvgIpc) is 3.30. The third-order valence-corrected chi connectivity index (χ3v) is 5.48. The molecule has 1 aliphatic carbocycles. The highest BCUT2D eigenvalue weighted by Crippen LogP contribution is 2.47. The van der Waals surface area contributed by atoms with E-state index >= 15 is 0 Å². The van der Waals surface area contributed by atoms with E-state index in [4.69, 9.17) is 11.6 Å². The van der Waals surface area contributed by atoms with Gasteiger partial charge in [0.15, 0.2) is 0 Å². The molecule has 22 heavy (non-hydrogen) atoms. The summed E-state index contributed by atoms with van der Waals surface area (Å²) in [4.78, 5) is 4.99. The molecule has 1 aromatic rings. The largest absolute Gasteiger partial charge is 0.312 e. The SMILES string of the molecule is C[C@H](CN1CCN(C)CC1)NCC1(c2ccc(Cl)cc2)CC1. The molecule has 2 fully saturated rings. The molecule has 4 heteroatoms. The molecule has 1 atom stereocenters. The summed E-state index contributed by atoms with van der Waals surface area (Å²) in [7, 11) is 2.21. The van der Waals surface area contributed by atoms with E-state index in [0.29, 0.717) is 11.5 Å². The Morgan fingerprint density at radius 3 is 2.36 bits per heavy atom. The van der Waals surface area contributed by atoms with Crippen molar-refractivity contribution < 1.29 is 0 Å². The number of benzene rings is 1. The third kappa shape index (κ3) is 4.02. The molecule has 0 radical (unpaired) electrons. The van der Waals surface area contributed by atoms with Gasteiger partial charge in [0.25, 0.3) is 0 Å². The molecule has 1 saturated carbocycles. The number of hydrogen-bond donors (Lipinski definition) is 1. The molecule has 1 N–H and O–H groups in total. The lowest BCUT2D eigenvalue weighted by Crippen LogP contribution is -2.49. The summed E-state index contributed by atoms with van der Waals surface area (Å²) >= 11 is 6.00. The first-order valence-electron chi connectivity index (χ1n) is 8.48. The minimum atomic E-state index is 0.362. The third-order valence-electron chi connectivity index (χ3n) is 5.23. The Bertz CT molecular complexity index is 476. The second kappa shape index (κ2) is 6.88. The van der Waals surface area contributed by atoms with Crippen molar-refractivity contribution in [1.82, 2.24) is 15.1 Å². The van der Waals surface area contributed by atoms with Gasteiger partial charge in [-0.05, 0) is 44.5 Å². The van der Waals surface area contributed by atoms with Gasteiger partial charge in [-0.1, -0.05) is 23.7 Å². The maximum Gasteiger partial charge on any atom is 0.0406 e. The van der Waals surface area contributed by atoms with Gasteiger partial charge >= 0.3 is 0 Å². The van der Waals surface area contributed by atoms with Crippen LogP contribution in [0.25, 0.3) is 0 Å². The van der Waals surface area contributed by atoms with Crippen LogP contribution in [-0.4, -0.2) is 62.2 Å². The zero-order valence-electron chi connectivity index (χ0n) is 13.8. The van der Waals surface area contributed by atoms with E-state index in [-0.39, 0.29) is 0 Å². The second-order valence-electron chi connectivity index (χ2n) is 7.17. The average molecular weight is 322 g/mol. The Morgan fingerprint density at radius 1 is 1.14 bits per heavy atom. The lowest BCUT2D eigenvalue weighted by Gasteiger charge is -2.34. The minimum Gasteiger partial charge on any atom is -0.312 e. The first kappa shape index (κ1) is 16.3. The van der Waals surface area contributed by atoms with Crippen LogP contribution in [0.1, 0.15) is 25.3 Å². The van der Waals surface area contributed by atoms with Crippen molar-refractivity contribution in [2.75, 3.05) is 46.3 Å². The maximum atomic E-state index is 6.00. The van der Waals surface area contributed by atoms with E-state index in [1.165, 1.54) is 44.6 Å². The molecular weight excluding hydrogens is 294 g/mol. The number of nitrogens with zero attached hydrogens (tertiary/aromatic N) is 2. The molecule has 1 aromatic carbocycles. The Morgan fingerprint density at radius 2 is 1.77 bits per heavy atom. The van der Waals surface area contributed by atoms with Crippen molar-refractivity contribution in [2.24, 2.45) is 0 Å². The molecule has 2 aliphatic rings. The van der Waals surface area contributed by atoms with E-state index < -0.39 is 0 Å². The number of rotatable bonds is 6. The normalized spacial score (nSPS) is 23.4. The van der Waals surface area contributed by atoms with Crippen LogP contribution in [0.4, 0.5) is 0 Å². The second-order valence-corrected chi connectivity index (χ2v) is 7.61. The summed E-state index contributed by atoms with van der Waals surface area (Å²) < 4.78 is 0. The smallest absolute Gasteiger partial charge is 0.0406 e. The van der Waals surface area contributed by atoms with Crippen molar-refractivity contribution in [3.05, 3.63) is 34.9 Å². The molecular formula is C18H28ClN3. The van der Waals surface area contributed by atoms with E-state index in [2.05, 4.69) is 41.2 Å². The van der Waals surface area contributed by atoms with Gasteiger partial charge in [0.05, 0.1) is 0 Å². The van der Waals surface area contributed by atoms with Crippen LogP contribution in [0.3, 0.4) is 0 Å². The van der Waals surface area contributed by atoms with E-state index in [1.807, 2.05) is 12.1 Å². The van der Waals surface area contributed by atoms with Crippen molar-refractivity contribution in [2.45, 2.75) is 31.2 Å². The first-order valence-corrected chi connectivity index (χ1v) is 8.86. The highest BCUT2D eigenvalue weighted by Gasteiger charge is 2.43. The number of piperazine rings is 1. The fourth-order valence-electron chi connectivity index (χ4n) is 3.37. The first-order chi connectivity index (χ1) is 10.6. The molecule has 0 unspecified atom stereocenters. The zero-order valence-corrected chi connectivity index (χ0v) is 14.6. The summed E-state index contributed by atoms with van der Waals surface area (Å²) in [6, 6.07) is 8.98. The molecule has 1 heterocycles. The number of nitrogens with one attached hydrogen (secondary N) is 1. The van der Waals surface area contributed by atoms with E-state index in [9.17, 15) is 0 Å². The van der Waals surface area contributed by atoms with Gasteiger partial charge in [0, 0.05) is 55.7 Å². The molecule has 0 aromatic heterocycles. The minimum absolute atomic E-state index is 0.362. The van der Waals surface area contributed by atoms with Crippen LogP contribution in [0, 0.1) is 0 Å². The number of halogens is 1. The molecule has 0 amide bonds. The van der Waals surface area contributed by atoms with Crippen molar-refractivity contribution >= 4 is 11.6 Å². The predicted octanol–water partition coefficient (Wildman–Crippen LogP) is 2.60. The van der Waals surface area contributed by atoms with Gasteiger partial charge in [-0.2, -0.15) is 0 Å². The van der Waals surface area contributed by atoms with Crippen LogP contribution < -0.4 is 5.32 Å². The lowest BCUT2D eigenvalue weighted by molar-refractivity contribution is 0.144. The molecule has 0 bridgehead atoms. The Labute approximate surface area is 139 Å². The summed E-state index contributed by atoms with van der Waals surface area (Å²) in [5.41, 5.74) is 1.80. The summed E-state index contributed by atoms with van der Waals surface area (Å²) in [5, 5.41) is 4.60. The fraction of sp³-hybridized carbons (Fsp3) is 0.667. The molecule has 122 valence electrons. The highest BCUT2D eigenvalue weighted by molar-refractivity contribution is 6.30. The van der Waals surface area contributed by atoms with Gasteiger partial charge in [-0.15, -0.1) is 0 Å². The van der Waals surface area contributed by atoms with Crippen LogP contribution in [0.15, 0.2) is 24.3 Å². The van der Waals surface area contributed by atoms with Gasteiger partial charge in [0.1, 0.15) is 0 Å². The van der Waals surface area contributed by atoms with Crippen LogP contribution in [-0.2, 0) is 5.41 Å². The summed E-state index contributed by atoms with van der Waals surface area (Å²) in [5.74, 6) is 0. The molecule has 3 rings (SSSR count). The molecule has 0 spiro atoms. The topological polar surface area (TPSA) is 18.5 Å². The summed E-state index contributed by atoms with van der Waals surface area (Å²) in [6.45, 7) is 9.35. The quantitative estimate of drug-likeness (QED) is 0.869. The summed E-state index contributed by atoms with van der Waals surface area (Å²) in [6.07, 6.45) is 2.59. The lowest BCUT2D eigenvalue weighted by atomic mass is 9.95. The number of hydrogen-bond acceptors (Lipinski definition) is 3. The highest BCUT2D eigenvalue weighted by atomic mass is 35.5. The standard InChI is InChI=1S/C18H28ClN3/c1-15(13-22-11-9-21(2)10-12-22)20-14-18(7-8-18)16-3-5-17(19)6-4-16/h3-6,15,20H,7-14H2,1-2H3/t15-/m1/s1.